The lowest BCUT2D eigenvalue weighted by molar-refractivity contribution is 0.0689. The van der Waals surface area contributed by atoms with Crippen LogP contribution < -0.4 is 5.56 Å². The maximum absolute atomic E-state index is 13.9. The summed E-state index contributed by atoms with van der Waals surface area (Å²) >= 11 is 0. The number of aryl methyl sites for hydroxylation is 1. The van der Waals surface area contributed by atoms with Gasteiger partial charge in [-0.25, -0.2) is 21.9 Å². The highest BCUT2D eigenvalue weighted by atomic mass is 32.2. The molecule has 1 aliphatic rings. The molecule has 0 atom stereocenters. The van der Waals surface area contributed by atoms with Crippen molar-refractivity contribution >= 4 is 15.9 Å². The fourth-order valence-corrected chi connectivity index (χ4v) is 4.30. The quantitative estimate of drug-likeness (QED) is 0.737. The molecule has 0 saturated carbocycles. The minimum absolute atomic E-state index is 0.0264. The van der Waals surface area contributed by atoms with Gasteiger partial charge < -0.3 is 4.90 Å². The molecule has 3 rings (SSSR count). The van der Waals surface area contributed by atoms with Gasteiger partial charge >= 0.3 is 0 Å². The number of hydrogen-bond acceptors (Lipinski definition) is 5. The molecule has 1 aromatic heterocycles. The largest absolute Gasteiger partial charge is 0.335 e. The standard InChI is InChI=1S/C16H16F2N4O4S/c1-20-14(23)6-5-13(19-20)16(24)21-7-9-22(10-8-21)27(25,26)15-11(17)3-2-4-12(15)18/h2-6H,7-10H2,1H3. The van der Waals surface area contributed by atoms with Gasteiger partial charge in [-0.1, -0.05) is 6.07 Å². The SMILES string of the molecule is Cn1nc(C(=O)N2CCN(S(=O)(=O)c3c(F)cccc3F)CC2)ccc1=O. The van der Waals surface area contributed by atoms with E-state index in [-0.39, 0.29) is 37.4 Å². The summed E-state index contributed by atoms with van der Waals surface area (Å²) in [6, 6.07) is 5.34. The van der Waals surface area contributed by atoms with E-state index in [1.807, 2.05) is 0 Å². The number of piperazine rings is 1. The molecule has 2 heterocycles. The fraction of sp³-hybridized carbons (Fsp3) is 0.312. The van der Waals surface area contributed by atoms with Crippen molar-refractivity contribution in [3.8, 4) is 0 Å². The molecule has 1 fully saturated rings. The monoisotopic (exact) mass is 398 g/mol. The fourth-order valence-electron chi connectivity index (χ4n) is 2.77. The van der Waals surface area contributed by atoms with Gasteiger partial charge in [0, 0.05) is 39.3 Å². The molecule has 1 saturated heterocycles. The van der Waals surface area contributed by atoms with Crippen LogP contribution in [0.15, 0.2) is 40.0 Å². The van der Waals surface area contributed by atoms with E-state index in [2.05, 4.69) is 5.10 Å². The zero-order valence-electron chi connectivity index (χ0n) is 14.3. The molecule has 1 amide bonds. The van der Waals surface area contributed by atoms with Gasteiger partial charge in [0.15, 0.2) is 4.90 Å². The van der Waals surface area contributed by atoms with Gasteiger partial charge in [-0.3, -0.25) is 9.59 Å². The van der Waals surface area contributed by atoms with Gasteiger partial charge in [0.05, 0.1) is 0 Å². The van der Waals surface area contributed by atoms with Crippen molar-refractivity contribution in [3.63, 3.8) is 0 Å². The predicted molar refractivity (Wildman–Crippen MR) is 90.5 cm³/mol. The Bertz CT molecular complexity index is 1030. The molecule has 2 aromatic rings. The highest BCUT2D eigenvalue weighted by molar-refractivity contribution is 7.89. The molecule has 1 aromatic carbocycles. The molecule has 0 aliphatic carbocycles. The number of amides is 1. The second-order valence-electron chi connectivity index (χ2n) is 5.93. The molecule has 0 bridgehead atoms. The molecule has 0 radical (unpaired) electrons. The van der Waals surface area contributed by atoms with Gasteiger partial charge in [-0.15, -0.1) is 0 Å². The molecule has 8 nitrogen and oxygen atoms in total. The number of hydrogen-bond donors (Lipinski definition) is 0. The summed E-state index contributed by atoms with van der Waals surface area (Å²) in [5, 5.41) is 3.87. The lowest BCUT2D eigenvalue weighted by Gasteiger charge is -2.33. The Morgan fingerprint density at radius 2 is 1.63 bits per heavy atom. The summed E-state index contributed by atoms with van der Waals surface area (Å²) in [6.07, 6.45) is 0. The third-order valence-corrected chi connectivity index (χ3v) is 6.17. The van der Waals surface area contributed by atoms with Crippen molar-refractivity contribution < 1.29 is 22.0 Å². The van der Waals surface area contributed by atoms with Crippen molar-refractivity contribution in [2.45, 2.75) is 4.90 Å². The predicted octanol–water partition coefficient (Wildman–Crippen LogP) is 0.205. The van der Waals surface area contributed by atoms with Crippen molar-refractivity contribution in [1.29, 1.82) is 0 Å². The van der Waals surface area contributed by atoms with Crippen LogP contribution in [0.2, 0.25) is 0 Å². The minimum Gasteiger partial charge on any atom is -0.335 e. The van der Waals surface area contributed by atoms with Crippen molar-refractivity contribution in [2.24, 2.45) is 7.05 Å². The van der Waals surface area contributed by atoms with Crippen LogP contribution in [0, 0.1) is 11.6 Å². The lowest BCUT2D eigenvalue weighted by Crippen LogP contribution is -2.51. The van der Waals surface area contributed by atoms with Crippen LogP contribution in [0.25, 0.3) is 0 Å². The number of benzene rings is 1. The number of carbonyl (C=O) groups excluding carboxylic acids is 1. The Balaban J connectivity index is 1.76. The van der Waals surface area contributed by atoms with Crippen LogP contribution in [0.3, 0.4) is 0 Å². The smallest absolute Gasteiger partial charge is 0.274 e. The van der Waals surface area contributed by atoms with E-state index < -0.39 is 32.5 Å². The lowest BCUT2D eigenvalue weighted by atomic mass is 10.3. The Morgan fingerprint density at radius 1 is 1.04 bits per heavy atom. The summed E-state index contributed by atoms with van der Waals surface area (Å²) in [5.74, 6) is -2.79. The van der Waals surface area contributed by atoms with Crippen LogP contribution in [0.5, 0.6) is 0 Å². The molecule has 1 aliphatic heterocycles. The highest BCUT2D eigenvalue weighted by Crippen LogP contribution is 2.23. The maximum atomic E-state index is 13.9. The average Bonchev–Trinajstić information content (AvgIpc) is 2.63. The van der Waals surface area contributed by atoms with Crippen molar-refractivity contribution in [3.05, 3.63) is 58.0 Å². The minimum atomic E-state index is -4.37. The van der Waals surface area contributed by atoms with E-state index in [9.17, 15) is 26.8 Å². The molecular formula is C16H16F2N4O4S. The molecule has 0 N–H and O–H groups in total. The second kappa shape index (κ2) is 7.16. The second-order valence-corrected chi connectivity index (χ2v) is 7.80. The highest BCUT2D eigenvalue weighted by Gasteiger charge is 2.34. The third kappa shape index (κ3) is 3.60. The van der Waals surface area contributed by atoms with Gasteiger partial charge in [-0.05, 0) is 18.2 Å². The first kappa shape index (κ1) is 19.1. The topological polar surface area (TPSA) is 92.6 Å². The third-order valence-electron chi connectivity index (χ3n) is 4.22. The first-order valence-corrected chi connectivity index (χ1v) is 9.43. The molecule has 0 unspecified atom stereocenters. The number of halogens is 2. The van der Waals surface area contributed by atoms with E-state index in [1.54, 1.807) is 0 Å². The average molecular weight is 398 g/mol. The summed E-state index contributed by atoms with van der Waals surface area (Å²) in [7, 11) is -2.96. The number of rotatable bonds is 3. The van der Waals surface area contributed by atoms with Gasteiger partial charge in [-0.2, -0.15) is 9.40 Å². The van der Waals surface area contributed by atoms with E-state index in [0.29, 0.717) is 0 Å². The summed E-state index contributed by atoms with van der Waals surface area (Å²) in [6.45, 7) is -0.182. The molecule has 144 valence electrons. The number of carbonyl (C=O) groups is 1. The zero-order valence-corrected chi connectivity index (χ0v) is 15.1. The van der Waals surface area contributed by atoms with Gasteiger partial charge in [0.25, 0.3) is 11.5 Å². The summed E-state index contributed by atoms with van der Waals surface area (Å²) in [4.78, 5) is 24.2. The molecule has 11 heteroatoms. The maximum Gasteiger partial charge on any atom is 0.274 e. The van der Waals surface area contributed by atoms with E-state index in [4.69, 9.17) is 0 Å². The first-order chi connectivity index (χ1) is 12.7. The van der Waals surface area contributed by atoms with Crippen molar-refractivity contribution in [1.82, 2.24) is 19.0 Å². The summed E-state index contributed by atoms with van der Waals surface area (Å²) in [5.41, 5.74) is -0.317. The van der Waals surface area contributed by atoms with E-state index >= 15 is 0 Å². The van der Waals surface area contributed by atoms with Crippen LogP contribution in [0.4, 0.5) is 8.78 Å². The zero-order chi connectivity index (χ0) is 19.8. The summed E-state index contributed by atoms with van der Waals surface area (Å²) < 4.78 is 54.8. The Labute approximate surface area is 153 Å². The molecule has 27 heavy (non-hydrogen) atoms. The Morgan fingerprint density at radius 3 is 2.19 bits per heavy atom. The normalized spacial score (nSPS) is 15.7. The number of sulfonamides is 1. The number of nitrogens with zero attached hydrogens (tertiary/aromatic N) is 4. The molecular weight excluding hydrogens is 382 g/mol. The van der Waals surface area contributed by atoms with Crippen LogP contribution >= 0.6 is 0 Å². The first-order valence-electron chi connectivity index (χ1n) is 7.99. The van der Waals surface area contributed by atoms with E-state index in [1.165, 1.54) is 24.1 Å². The van der Waals surface area contributed by atoms with Gasteiger partial charge in [0.2, 0.25) is 10.0 Å². The van der Waals surface area contributed by atoms with E-state index in [0.717, 1.165) is 27.2 Å². The van der Waals surface area contributed by atoms with Crippen LogP contribution in [0.1, 0.15) is 10.5 Å². The van der Waals surface area contributed by atoms with Crippen molar-refractivity contribution in [2.75, 3.05) is 26.2 Å². The Hall–Kier alpha value is -2.66. The van der Waals surface area contributed by atoms with Crippen LogP contribution in [-0.4, -0.2) is 59.5 Å². The molecule has 0 spiro atoms. The Kier molecular flexibility index (Phi) is 5.07. The number of aromatic nitrogens is 2. The van der Waals surface area contributed by atoms with Gasteiger partial charge in [0.1, 0.15) is 17.3 Å². The van der Waals surface area contributed by atoms with Crippen LogP contribution in [-0.2, 0) is 17.1 Å².